The lowest BCUT2D eigenvalue weighted by atomic mass is 10.1. The fourth-order valence-electron chi connectivity index (χ4n) is 1.74. The van der Waals surface area contributed by atoms with E-state index in [0.29, 0.717) is 6.42 Å². The van der Waals surface area contributed by atoms with Gasteiger partial charge >= 0.3 is 11.9 Å². The van der Waals surface area contributed by atoms with Crippen LogP contribution in [-0.4, -0.2) is 40.4 Å². The van der Waals surface area contributed by atoms with Gasteiger partial charge in [0.15, 0.2) is 0 Å². The number of hydrogen-bond acceptors (Lipinski definition) is 6. The van der Waals surface area contributed by atoms with Gasteiger partial charge in [-0.1, -0.05) is 13.3 Å². The summed E-state index contributed by atoms with van der Waals surface area (Å²) in [6, 6.07) is 0. The molecule has 18 heavy (non-hydrogen) atoms. The van der Waals surface area contributed by atoms with Gasteiger partial charge in [-0.25, -0.2) is 9.59 Å². The lowest BCUT2D eigenvalue weighted by Gasteiger charge is -2.22. The molecule has 1 amide bonds. The molecule has 8 heteroatoms. The van der Waals surface area contributed by atoms with Gasteiger partial charge < -0.3 is 14.6 Å². The maximum Gasteiger partial charge on any atom is 0.444 e. The van der Waals surface area contributed by atoms with Crippen molar-refractivity contribution in [2.75, 3.05) is 6.61 Å². The lowest BCUT2D eigenvalue weighted by Crippen LogP contribution is -2.41. The van der Waals surface area contributed by atoms with Gasteiger partial charge in [0.25, 0.3) is 5.79 Å². The van der Waals surface area contributed by atoms with E-state index in [1.54, 1.807) is 0 Å². The fourth-order valence-corrected chi connectivity index (χ4v) is 1.74. The Labute approximate surface area is 103 Å². The predicted octanol–water partition coefficient (Wildman–Crippen LogP) is 0.566. The first kappa shape index (κ1) is 14.5. The Kier molecular flexibility index (Phi) is 4.74. The minimum Gasteiger partial charge on any atom is -0.477 e. The predicted molar refractivity (Wildman–Crippen MR) is 57.3 cm³/mol. The Morgan fingerprint density at radius 3 is 2.72 bits per heavy atom. The van der Waals surface area contributed by atoms with Crippen molar-refractivity contribution in [2.45, 2.75) is 44.5 Å². The second-order valence-electron chi connectivity index (χ2n) is 4.05. The minimum absolute atomic E-state index is 0.118. The Bertz CT molecular complexity index is 356. The molecule has 1 N–H and O–H groups in total. The molecule has 102 valence electrons. The van der Waals surface area contributed by atoms with Crippen molar-refractivity contribution in [2.24, 2.45) is 0 Å². The molecule has 1 aliphatic heterocycles. The fraction of sp³-hybridized carbons (Fsp3) is 0.800. The SMILES string of the molecule is CCCC1COC(CCC(=O)[N+](=O)[O-])(C(=O)O)O1. The zero-order valence-electron chi connectivity index (χ0n) is 9.96. The number of ether oxygens (including phenoxy) is 2. The van der Waals surface area contributed by atoms with E-state index in [0.717, 1.165) is 6.42 Å². The molecule has 0 radical (unpaired) electrons. The summed E-state index contributed by atoms with van der Waals surface area (Å²) in [6.07, 6.45) is 0.202. The quantitative estimate of drug-likeness (QED) is 0.548. The second-order valence-corrected chi connectivity index (χ2v) is 4.05. The molecule has 0 aromatic heterocycles. The highest BCUT2D eigenvalue weighted by molar-refractivity contribution is 5.77. The molecule has 2 unspecified atom stereocenters. The average molecular weight is 261 g/mol. The normalized spacial score (nSPS) is 27.1. The summed E-state index contributed by atoms with van der Waals surface area (Å²) in [5.74, 6) is -4.54. The van der Waals surface area contributed by atoms with E-state index in [9.17, 15) is 19.7 Å². The van der Waals surface area contributed by atoms with E-state index in [2.05, 4.69) is 0 Å². The van der Waals surface area contributed by atoms with Gasteiger partial charge in [-0.05, 0) is 6.42 Å². The van der Waals surface area contributed by atoms with E-state index in [1.165, 1.54) is 0 Å². The first-order valence-electron chi connectivity index (χ1n) is 5.63. The number of carbonyl (C=O) groups is 2. The molecular weight excluding hydrogens is 246 g/mol. The number of carboxylic acid groups (broad SMARTS) is 1. The third-order valence-electron chi connectivity index (χ3n) is 2.67. The zero-order chi connectivity index (χ0) is 13.8. The van der Waals surface area contributed by atoms with Crippen LogP contribution >= 0.6 is 0 Å². The average Bonchev–Trinajstić information content (AvgIpc) is 2.71. The van der Waals surface area contributed by atoms with Crippen LogP contribution in [0.5, 0.6) is 0 Å². The van der Waals surface area contributed by atoms with Gasteiger partial charge in [0.05, 0.1) is 19.1 Å². The summed E-state index contributed by atoms with van der Waals surface area (Å²) >= 11 is 0. The molecule has 1 saturated heterocycles. The van der Waals surface area contributed by atoms with Crippen molar-refractivity contribution in [3.05, 3.63) is 10.1 Å². The molecule has 1 fully saturated rings. The molecule has 1 rings (SSSR count). The number of nitro groups is 1. The van der Waals surface area contributed by atoms with Gasteiger partial charge in [0.2, 0.25) is 0 Å². The van der Waals surface area contributed by atoms with E-state index < -0.39 is 29.0 Å². The summed E-state index contributed by atoms with van der Waals surface area (Å²) < 4.78 is 10.4. The van der Waals surface area contributed by atoms with E-state index in [1.807, 2.05) is 6.92 Å². The summed E-state index contributed by atoms with van der Waals surface area (Å²) in [5, 5.41) is 19.2. The van der Waals surface area contributed by atoms with Crippen molar-refractivity contribution in [3.63, 3.8) is 0 Å². The highest BCUT2D eigenvalue weighted by atomic mass is 16.8. The van der Waals surface area contributed by atoms with Gasteiger partial charge in [-0.2, -0.15) is 0 Å². The van der Waals surface area contributed by atoms with Crippen molar-refractivity contribution in [3.8, 4) is 0 Å². The van der Waals surface area contributed by atoms with Gasteiger partial charge in [0, 0.05) is 6.42 Å². The summed E-state index contributed by atoms with van der Waals surface area (Å²) in [5.41, 5.74) is 0. The Hall–Kier alpha value is -1.54. The van der Waals surface area contributed by atoms with Crippen LogP contribution in [0.4, 0.5) is 0 Å². The Balaban J connectivity index is 2.63. The van der Waals surface area contributed by atoms with E-state index >= 15 is 0 Å². The lowest BCUT2D eigenvalue weighted by molar-refractivity contribution is -0.403. The molecular formula is C10H15NO7. The molecule has 0 aromatic carbocycles. The second kappa shape index (κ2) is 5.87. The minimum atomic E-state index is -1.93. The van der Waals surface area contributed by atoms with Crippen LogP contribution in [0, 0.1) is 10.1 Å². The highest BCUT2D eigenvalue weighted by Crippen LogP contribution is 2.30. The number of amides is 1. The summed E-state index contributed by atoms with van der Waals surface area (Å²) in [6.45, 7) is 2.03. The monoisotopic (exact) mass is 261 g/mol. The number of aliphatic carboxylic acids is 1. The summed E-state index contributed by atoms with van der Waals surface area (Å²) in [7, 11) is 0. The number of rotatable bonds is 6. The maximum atomic E-state index is 11.1. The number of carbonyl (C=O) groups excluding carboxylic acids is 1. The molecule has 0 bridgehead atoms. The first-order chi connectivity index (χ1) is 8.41. The first-order valence-corrected chi connectivity index (χ1v) is 5.63. The molecule has 0 spiro atoms. The van der Waals surface area contributed by atoms with Crippen LogP contribution in [0.1, 0.15) is 32.6 Å². The van der Waals surface area contributed by atoms with E-state index in [4.69, 9.17) is 14.6 Å². The smallest absolute Gasteiger partial charge is 0.444 e. The van der Waals surface area contributed by atoms with E-state index in [-0.39, 0.29) is 19.1 Å². The van der Waals surface area contributed by atoms with Crippen LogP contribution < -0.4 is 0 Å². The maximum absolute atomic E-state index is 11.1. The van der Waals surface area contributed by atoms with Crippen molar-refractivity contribution < 1.29 is 29.1 Å². The molecule has 1 heterocycles. The highest BCUT2D eigenvalue weighted by Gasteiger charge is 2.49. The van der Waals surface area contributed by atoms with Gasteiger partial charge in [-0.15, -0.1) is 0 Å². The molecule has 2 atom stereocenters. The van der Waals surface area contributed by atoms with Crippen LogP contribution in [0.2, 0.25) is 0 Å². The molecule has 0 aliphatic carbocycles. The van der Waals surface area contributed by atoms with Gasteiger partial charge in [0.1, 0.15) is 4.92 Å². The molecule has 0 aromatic rings. The zero-order valence-corrected chi connectivity index (χ0v) is 9.96. The third-order valence-corrected chi connectivity index (χ3v) is 2.67. The van der Waals surface area contributed by atoms with Crippen LogP contribution in [0.3, 0.4) is 0 Å². The van der Waals surface area contributed by atoms with Crippen molar-refractivity contribution >= 4 is 11.9 Å². The van der Waals surface area contributed by atoms with Crippen LogP contribution in [0.15, 0.2) is 0 Å². The number of hydrogen-bond donors (Lipinski definition) is 1. The van der Waals surface area contributed by atoms with Gasteiger partial charge in [-0.3, -0.25) is 10.1 Å². The topological polar surface area (TPSA) is 116 Å². The largest absolute Gasteiger partial charge is 0.477 e. The molecule has 1 aliphatic rings. The molecule has 8 nitrogen and oxygen atoms in total. The van der Waals surface area contributed by atoms with Crippen LogP contribution in [0.25, 0.3) is 0 Å². The van der Waals surface area contributed by atoms with Crippen molar-refractivity contribution in [1.82, 2.24) is 0 Å². The Morgan fingerprint density at radius 2 is 2.22 bits per heavy atom. The molecule has 0 saturated carbocycles. The third kappa shape index (κ3) is 3.23. The van der Waals surface area contributed by atoms with Crippen molar-refractivity contribution in [1.29, 1.82) is 0 Å². The number of nitrogens with zero attached hydrogens (tertiary/aromatic N) is 1. The summed E-state index contributed by atoms with van der Waals surface area (Å²) in [4.78, 5) is 31.1. The number of carboxylic acids is 1. The van der Waals surface area contributed by atoms with Crippen LogP contribution in [-0.2, 0) is 19.1 Å². The Morgan fingerprint density at radius 1 is 1.56 bits per heavy atom. The standard InChI is InChI=1S/C10H15NO7/c1-2-3-7-6-17-10(18-7,9(13)14)5-4-8(12)11(15)16/h7H,2-6H2,1H3,(H,13,14).